The Morgan fingerprint density at radius 2 is 1.00 bits per heavy atom. The zero-order chi connectivity index (χ0) is 20.5. The molecule has 0 bridgehead atoms. The summed E-state index contributed by atoms with van der Waals surface area (Å²) in [7, 11) is 0. The third-order valence-corrected chi connectivity index (χ3v) is 5.40. The molecule has 0 saturated heterocycles. The van der Waals surface area contributed by atoms with Crippen LogP contribution in [0.3, 0.4) is 0 Å². The molecule has 28 heavy (non-hydrogen) atoms. The van der Waals surface area contributed by atoms with Crippen molar-refractivity contribution >= 4 is 5.97 Å². The van der Waals surface area contributed by atoms with Gasteiger partial charge in [0.15, 0.2) is 0 Å². The third-order valence-electron chi connectivity index (χ3n) is 5.40. The minimum Gasteiger partial charge on any atom is -0.466 e. The maximum Gasteiger partial charge on any atom is 0.305 e. The van der Waals surface area contributed by atoms with Gasteiger partial charge in [-0.3, -0.25) is 4.79 Å². The first-order valence-corrected chi connectivity index (χ1v) is 12.6. The molecular formula is C26H50O2. The number of rotatable bonds is 22. The summed E-state index contributed by atoms with van der Waals surface area (Å²) in [5.41, 5.74) is 0. The number of hydrogen-bond acceptors (Lipinski definition) is 2. The summed E-state index contributed by atoms with van der Waals surface area (Å²) < 4.78 is 5.18. The Kier molecular flexibility index (Phi) is 23.6. The predicted octanol–water partition coefficient (Wildman–Crippen LogP) is 8.93. The topological polar surface area (TPSA) is 26.3 Å². The first kappa shape index (κ1) is 27.2. The van der Waals surface area contributed by atoms with Crippen LogP contribution in [0.25, 0.3) is 0 Å². The summed E-state index contributed by atoms with van der Waals surface area (Å²) >= 11 is 0. The SMILES string of the molecule is CCCCCCCCC=CCCCCCCCCCCCC(=O)OCCCC. The van der Waals surface area contributed by atoms with Gasteiger partial charge in [-0.05, 0) is 38.5 Å². The van der Waals surface area contributed by atoms with Crippen molar-refractivity contribution in [3.63, 3.8) is 0 Å². The number of esters is 1. The predicted molar refractivity (Wildman–Crippen MR) is 124 cm³/mol. The number of carbonyl (C=O) groups excluding carboxylic acids is 1. The van der Waals surface area contributed by atoms with Crippen molar-refractivity contribution < 1.29 is 9.53 Å². The highest BCUT2D eigenvalue weighted by Crippen LogP contribution is 2.12. The molecule has 2 heteroatoms. The highest BCUT2D eigenvalue weighted by atomic mass is 16.5. The molecular weight excluding hydrogens is 344 g/mol. The van der Waals surface area contributed by atoms with Gasteiger partial charge >= 0.3 is 5.97 Å². The van der Waals surface area contributed by atoms with Crippen molar-refractivity contribution in [2.75, 3.05) is 6.61 Å². The molecule has 0 fully saturated rings. The average Bonchev–Trinajstić information content (AvgIpc) is 2.70. The van der Waals surface area contributed by atoms with Gasteiger partial charge in [-0.15, -0.1) is 0 Å². The first-order chi connectivity index (χ1) is 13.8. The van der Waals surface area contributed by atoms with Crippen LogP contribution in [-0.2, 0) is 9.53 Å². The molecule has 0 radical (unpaired) electrons. The normalized spacial score (nSPS) is 11.4. The fraction of sp³-hybridized carbons (Fsp3) is 0.885. The van der Waals surface area contributed by atoms with Crippen molar-refractivity contribution in [2.45, 2.75) is 142 Å². The summed E-state index contributed by atoms with van der Waals surface area (Å²) in [4.78, 5) is 11.5. The van der Waals surface area contributed by atoms with Crippen molar-refractivity contribution in [3.05, 3.63) is 12.2 Å². The summed E-state index contributed by atoms with van der Waals surface area (Å²) in [5.74, 6) is -0.00512. The van der Waals surface area contributed by atoms with Gasteiger partial charge in [0.2, 0.25) is 0 Å². The zero-order valence-electron chi connectivity index (χ0n) is 19.3. The quantitative estimate of drug-likeness (QED) is 0.104. The molecule has 0 aliphatic rings. The molecule has 166 valence electrons. The van der Waals surface area contributed by atoms with Crippen LogP contribution in [0.1, 0.15) is 142 Å². The second kappa shape index (κ2) is 24.2. The molecule has 0 aliphatic carbocycles. The van der Waals surface area contributed by atoms with Gasteiger partial charge in [-0.25, -0.2) is 0 Å². The molecule has 0 aromatic heterocycles. The standard InChI is InChI=1S/C26H50O2/c1-3-5-7-8-9-10-11-12-13-14-15-16-17-18-19-20-21-22-23-24-26(27)28-25-6-4-2/h12-13H,3-11,14-25H2,1-2H3. The van der Waals surface area contributed by atoms with Gasteiger partial charge in [-0.2, -0.15) is 0 Å². The fourth-order valence-corrected chi connectivity index (χ4v) is 3.45. The van der Waals surface area contributed by atoms with Crippen LogP contribution in [0.4, 0.5) is 0 Å². The minimum atomic E-state index is -0.00512. The monoisotopic (exact) mass is 394 g/mol. The molecule has 0 heterocycles. The Bertz CT molecular complexity index is 335. The number of unbranched alkanes of at least 4 members (excludes halogenated alkanes) is 16. The van der Waals surface area contributed by atoms with Gasteiger partial charge in [0.1, 0.15) is 0 Å². The van der Waals surface area contributed by atoms with Crippen LogP contribution in [0.2, 0.25) is 0 Å². The number of hydrogen-bond donors (Lipinski definition) is 0. The van der Waals surface area contributed by atoms with Crippen molar-refractivity contribution in [3.8, 4) is 0 Å². The molecule has 0 rings (SSSR count). The van der Waals surface area contributed by atoms with Gasteiger partial charge < -0.3 is 4.74 Å². The van der Waals surface area contributed by atoms with E-state index in [0.717, 1.165) is 19.3 Å². The van der Waals surface area contributed by atoms with Crippen molar-refractivity contribution in [1.82, 2.24) is 0 Å². The highest BCUT2D eigenvalue weighted by molar-refractivity contribution is 5.69. The fourth-order valence-electron chi connectivity index (χ4n) is 3.45. The zero-order valence-corrected chi connectivity index (χ0v) is 19.3. The van der Waals surface area contributed by atoms with Crippen LogP contribution in [-0.4, -0.2) is 12.6 Å². The molecule has 0 N–H and O–H groups in total. The smallest absolute Gasteiger partial charge is 0.305 e. The third kappa shape index (κ3) is 23.2. The van der Waals surface area contributed by atoms with E-state index >= 15 is 0 Å². The molecule has 0 aliphatic heterocycles. The number of carbonyl (C=O) groups is 1. The number of ether oxygens (including phenoxy) is 1. The lowest BCUT2D eigenvalue weighted by atomic mass is 10.1. The Balaban J connectivity index is 3.13. The van der Waals surface area contributed by atoms with Crippen molar-refractivity contribution in [2.24, 2.45) is 0 Å². The molecule has 0 atom stereocenters. The van der Waals surface area contributed by atoms with E-state index in [-0.39, 0.29) is 5.97 Å². The lowest BCUT2D eigenvalue weighted by Crippen LogP contribution is -2.05. The first-order valence-electron chi connectivity index (χ1n) is 12.6. The van der Waals surface area contributed by atoms with E-state index in [1.54, 1.807) is 0 Å². The van der Waals surface area contributed by atoms with E-state index < -0.39 is 0 Å². The summed E-state index contributed by atoms with van der Waals surface area (Å²) in [6.07, 6.45) is 30.0. The molecule has 0 amide bonds. The van der Waals surface area contributed by atoms with E-state index in [1.807, 2.05) is 0 Å². The van der Waals surface area contributed by atoms with Crippen LogP contribution in [0, 0.1) is 0 Å². The summed E-state index contributed by atoms with van der Waals surface area (Å²) in [6, 6.07) is 0. The van der Waals surface area contributed by atoms with E-state index in [1.165, 1.54) is 103 Å². The average molecular weight is 395 g/mol. The molecule has 0 aromatic carbocycles. The van der Waals surface area contributed by atoms with Crippen LogP contribution < -0.4 is 0 Å². The van der Waals surface area contributed by atoms with Gasteiger partial charge in [0, 0.05) is 6.42 Å². The Morgan fingerprint density at radius 3 is 1.50 bits per heavy atom. The van der Waals surface area contributed by atoms with Gasteiger partial charge in [0.25, 0.3) is 0 Å². The molecule has 2 nitrogen and oxygen atoms in total. The van der Waals surface area contributed by atoms with Crippen LogP contribution in [0.15, 0.2) is 12.2 Å². The minimum absolute atomic E-state index is 0.00512. The van der Waals surface area contributed by atoms with E-state index in [9.17, 15) is 4.79 Å². The molecule has 0 saturated carbocycles. The van der Waals surface area contributed by atoms with E-state index in [4.69, 9.17) is 4.74 Å². The Morgan fingerprint density at radius 1 is 0.571 bits per heavy atom. The highest BCUT2D eigenvalue weighted by Gasteiger charge is 2.01. The largest absolute Gasteiger partial charge is 0.466 e. The summed E-state index contributed by atoms with van der Waals surface area (Å²) in [5, 5.41) is 0. The maximum atomic E-state index is 11.5. The van der Waals surface area contributed by atoms with Crippen LogP contribution in [0.5, 0.6) is 0 Å². The van der Waals surface area contributed by atoms with E-state index in [2.05, 4.69) is 26.0 Å². The van der Waals surface area contributed by atoms with Crippen LogP contribution >= 0.6 is 0 Å². The second-order valence-corrected chi connectivity index (χ2v) is 8.32. The lowest BCUT2D eigenvalue weighted by molar-refractivity contribution is -0.143. The molecule has 0 aromatic rings. The molecule has 0 spiro atoms. The van der Waals surface area contributed by atoms with Gasteiger partial charge in [0.05, 0.1) is 6.61 Å². The Labute approximate surface area is 176 Å². The second-order valence-electron chi connectivity index (χ2n) is 8.32. The van der Waals surface area contributed by atoms with E-state index in [0.29, 0.717) is 13.0 Å². The Hall–Kier alpha value is -0.790. The molecule has 0 unspecified atom stereocenters. The van der Waals surface area contributed by atoms with Gasteiger partial charge in [-0.1, -0.05) is 109 Å². The lowest BCUT2D eigenvalue weighted by Gasteiger charge is -2.04. The van der Waals surface area contributed by atoms with Crippen molar-refractivity contribution in [1.29, 1.82) is 0 Å². The number of allylic oxidation sites excluding steroid dienone is 2. The summed E-state index contributed by atoms with van der Waals surface area (Å²) in [6.45, 7) is 4.99. The maximum absolute atomic E-state index is 11.5.